The number of hydrogen-bond donors (Lipinski definition) is 0. The van der Waals surface area contributed by atoms with Gasteiger partial charge in [-0.1, -0.05) is 29.3 Å². The highest BCUT2D eigenvalue weighted by Gasteiger charge is 2.30. The van der Waals surface area contributed by atoms with Gasteiger partial charge in [0.05, 0.1) is 10.5 Å². The second-order valence-corrected chi connectivity index (χ2v) is 9.61. The number of piperazine rings is 1. The summed E-state index contributed by atoms with van der Waals surface area (Å²) in [5, 5.41) is 0.963. The van der Waals surface area contributed by atoms with E-state index in [9.17, 15) is 12.8 Å². The van der Waals surface area contributed by atoms with Crippen LogP contribution in [0.3, 0.4) is 0 Å². The molecule has 152 valence electrons. The van der Waals surface area contributed by atoms with Crippen LogP contribution in [-0.2, 0) is 16.6 Å². The molecule has 3 aromatic rings. The fraction of sp³-hybridized carbons (Fsp3) is 0.250. The molecule has 0 aliphatic carbocycles. The summed E-state index contributed by atoms with van der Waals surface area (Å²) in [6.07, 6.45) is 1.64. The van der Waals surface area contributed by atoms with Crippen LogP contribution in [-0.4, -0.2) is 48.8 Å². The molecule has 1 aromatic heterocycles. The quantitative estimate of drug-likeness (QED) is 0.594. The van der Waals surface area contributed by atoms with E-state index in [1.807, 2.05) is 0 Å². The van der Waals surface area contributed by atoms with Gasteiger partial charge in [-0.05, 0) is 42.0 Å². The lowest BCUT2D eigenvalue weighted by molar-refractivity contribution is 0.182. The van der Waals surface area contributed by atoms with Crippen molar-refractivity contribution in [3.63, 3.8) is 0 Å². The minimum Gasteiger partial charge on any atom is -0.296 e. The molecule has 1 saturated heterocycles. The summed E-state index contributed by atoms with van der Waals surface area (Å²) in [5.74, 6) is -0.300. The van der Waals surface area contributed by atoms with Gasteiger partial charge in [-0.15, -0.1) is 0 Å². The summed E-state index contributed by atoms with van der Waals surface area (Å²) < 4.78 is 41.3. The molecule has 5 nitrogen and oxygen atoms in total. The number of sulfonamides is 1. The fourth-order valence-electron chi connectivity index (χ4n) is 3.51. The number of benzene rings is 2. The highest BCUT2D eigenvalue weighted by Crippen LogP contribution is 2.29. The maximum Gasteiger partial charge on any atom is 0.244 e. The Labute approximate surface area is 178 Å². The monoisotopic (exact) mass is 453 g/mol. The largest absolute Gasteiger partial charge is 0.296 e. The third kappa shape index (κ3) is 4.11. The van der Waals surface area contributed by atoms with E-state index in [-0.39, 0.29) is 15.7 Å². The highest BCUT2D eigenvalue weighted by atomic mass is 35.5. The van der Waals surface area contributed by atoms with E-state index in [2.05, 4.69) is 9.88 Å². The Bertz CT molecular complexity index is 1170. The predicted molar refractivity (Wildman–Crippen MR) is 112 cm³/mol. The molecule has 4 rings (SSSR count). The molecule has 0 N–H and O–H groups in total. The van der Waals surface area contributed by atoms with Gasteiger partial charge < -0.3 is 0 Å². The molecular formula is C20H18Cl2FN3O2S. The SMILES string of the molecule is O=S(=O)(c1cc(Cl)ccc1Cl)N1CCN(Cc2ccc(F)c3cccnc23)CC1. The van der Waals surface area contributed by atoms with Crippen LogP contribution in [0.1, 0.15) is 5.56 Å². The first-order valence-corrected chi connectivity index (χ1v) is 11.3. The Morgan fingerprint density at radius 3 is 2.55 bits per heavy atom. The molecule has 1 aliphatic rings. The zero-order valence-corrected chi connectivity index (χ0v) is 17.7. The van der Waals surface area contributed by atoms with Crippen LogP contribution in [0.2, 0.25) is 10.0 Å². The normalized spacial score (nSPS) is 16.4. The first-order valence-electron chi connectivity index (χ1n) is 9.06. The Morgan fingerprint density at radius 1 is 1.03 bits per heavy atom. The molecule has 1 aliphatic heterocycles. The Balaban J connectivity index is 1.49. The number of halogens is 3. The summed E-state index contributed by atoms with van der Waals surface area (Å²) in [7, 11) is -3.72. The van der Waals surface area contributed by atoms with Crippen LogP contribution in [0.25, 0.3) is 10.9 Å². The van der Waals surface area contributed by atoms with Gasteiger partial charge in [0, 0.05) is 49.3 Å². The molecule has 9 heteroatoms. The smallest absolute Gasteiger partial charge is 0.244 e. The van der Waals surface area contributed by atoms with E-state index in [1.165, 1.54) is 22.5 Å². The van der Waals surface area contributed by atoms with Crippen molar-refractivity contribution < 1.29 is 12.8 Å². The number of nitrogens with zero attached hydrogens (tertiary/aromatic N) is 3. The molecular weight excluding hydrogens is 436 g/mol. The summed E-state index contributed by atoms with van der Waals surface area (Å²) in [6.45, 7) is 2.32. The second-order valence-electron chi connectivity index (χ2n) is 6.86. The first kappa shape index (κ1) is 20.5. The first-order chi connectivity index (χ1) is 13.9. The van der Waals surface area contributed by atoms with Crippen molar-refractivity contribution in [2.45, 2.75) is 11.4 Å². The van der Waals surface area contributed by atoms with Crippen molar-refractivity contribution in [1.29, 1.82) is 0 Å². The van der Waals surface area contributed by atoms with Crippen LogP contribution in [0, 0.1) is 5.82 Å². The van der Waals surface area contributed by atoms with Gasteiger partial charge in [0.1, 0.15) is 10.7 Å². The summed E-state index contributed by atoms with van der Waals surface area (Å²) in [5.41, 5.74) is 1.55. The number of fused-ring (bicyclic) bond motifs is 1. The van der Waals surface area contributed by atoms with Crippen LogP contribution in [0.5, 0.6) is 0 Å². The van der Waals surface area contributed by atoms with E-state index < -0.39 is 10.0 Å². The molecule has 2 aromatic carbocycles. The van der Waals surface area contributed by atoms with Gasteiger partial charge in [-0.3, -0.25) is 9.88 Å². The highest BCUT2D eigenvalue weighted by molar-refractivity contribution is 7.89. The lowest BCUT2D eigenvalue weighted by Gasteiger charge is -2.34. The van der Waals surface area contributed by atoms with Gasteiger partial charge in [0.2, 0.25) is 10.0 Å². The maximum absolute atomic E-state index is 14.0. The van der Waals surface area contributed by atoms with Crippen molar-refractivity contribution >= 4 is 44.1 Å². The van der Waals surface area contributed by atoms with Gasteiger partial charge in [-0.2, -0.15) is 4.31 Å². The molecule has 0 spiro atoms. The van der Waals surface area contributed by atoms with E-state index in [1.54, 1.807) is 30.5 Å². The van der Waals surface area contributed by atoms with Crippen LogP contribution in [0.15, 0.2) is 53.6 Å². The molecule has 2 heterocycles. The predicted octanol–water partition coefficient (Wildman–Crippen LogP) is 4.19. The molecule has 0 amide bonds. The van der Waals surface area contributed by atoms with Gasteiger partial charge in [-0.25, -0.2) is 12.8 Å². The van der Waals surface area contributed by atoms with Crippen molar-refractivity contribution in [3.8, 4) is 0 Å². The lowest BCUT2D eigenvalue weighted by Crippen LogP contribution is -2.48. The van der Waals surface area contributed by atoms with Crippen molar-refractivity contribution in [2.75, 3.05) is 26.2 Å². The van der Waals surface area contributed by atoms with E-state index in [0.29, 0.717) is 48.6 Å². The molecule has 0 atom stereocenters. The average molecular weight is 454 g/mol. The van der Waals surface area contributed by atoms with E-state index in [4.69, 9.17) is 23.2 Å². The topological polar surface area (TPSA) is 53.5 Å². The summed E-state index contributed by atoms with van der Waals surface area (Å²) in [4.78, 5) is 6.47. The lowest BCUT2D eigenvalue weighted by atomic mass is 10.1. The summed E-state index contributed by atoms with van der Waals surface area (Å²) >= 11 is 12.0. The van der Waals surface area contributed by atoms with Crippen molar-refractivity contribution in [3.05, 3.63) is 70.1 Å². The number of rotatable bonds is 4. The molecule has 0 radical (unpaired) electrons. The van der Waals surface area contributed by atoms with Crippen LogP contribution in [0.4, 0.5) is 4.39 Å². The Kier molecular flexibility index (Phi) is 5.77. The van der Waals surface area contributed by atoms with E-state index in [0.717, 1.165) is 5.56 Å². The Hall–Kier alpha value is -1.77. The van der Waals surface area contributed by atoms with Crippen molar-refractivity contribution in [2.24, 2.45) is 0 Å². The second kappa shape index (κ2) is 8.16. The zero-order valence-electron chi connectivity index (χ0n) is 15.4. The molecule has 0 unspecified atom stereocenters. The van der Waals surface area contributed by atoms with Crippen molar-refractivity contribution in [1.82, 2.24) is 14.2 Å². The Morgan fingerprint density at radius 2 is 1.79 bits per heavy atom. The minimum atomic E-state index is -3.72. The van der Waals surface area contributed by atoms with Gasteiger partial charge >= 0.3 is 0 Å². The molecule has 1 fully saturated rings. The maximum atomic E-state index is 14.0. The third-order valence-electron chi connectivity index (χ3n) is 5.04. The number of hydrogen-bond acceptors (Lipinski definition) is 4. The minimum absolute atomic E-state index is 0.0221. The van der Waals surface area contributed by atoms with Gasteiger partial charge in [0.15, 0.2) is 0 Å². The standard InChI is InChI=1S/C20H18Cl2FN3O2S/c21-15-4-5-17(22)19(12-15)29(27,28)26-10-8-25(9-11-26)13-14-3-6-18(23)16-2-1-7-24-20(14)16/h1-7,12H,8-11,13H2. The molecule has 0 saturated carbocycles. The molecule has 29 heavy (non-hydrogen) atoms. The number of aromatic nitrogens is 1. The molecule has 0 bridgehead atoms. The zero-order chi connectivity index (χ0) is 20.6. The summed E-state index contributed by atoms with van der Waals surface area (Å²) in [6, 6.07) is 11.0. The number of pyridine rings is 1. The van der Waals surface area contributed by atoms with Gasteiger partial charge in [0.25, 0.3) is 0 Å². The van der Waals surface area contributed by atoms with Crippen LogP contribution >= 0.6 is 23.2 Å². The fourth-order valence-corrected chi connectivity index (χ4v) is 5.67. The van der Waals surface area contributed by atoms with Crippen LogP contribution < -0.4 is 0 Å². The van der Waals surface area contributed by atoms with E-state index >= 15 is 0 Å². The average Bonchev–Trinajstić information content (AvgIpc) is 2.72. The third-order valence-corrected chi connectivity index (χ3v) is 7.65.